The van der Waals surface area contributed by atoms with Crippen molar-refractivity contribution in [2.75, 3.05) is 6.79 Å². The zero-order valence-corrected chi connectivity index (χ0v) is 13.5. The zero-order valence-electron chi connectivity index (χ0n) is 11.9. The summed E-state index contributed by atoms with van der Waals surface area (Å²) in [6, 6.07) is 6.93. The first-order valence-electron chi connectivity index (χ1n) is 6.78. The highest BCUT2D eigenvalue weighted by atomic mass is 79.9. The molecule has 2 aromatic rings. The molecule has 0 bridgehead atoms. The highest BCUT2D eigenvalue weighted by Crippen LogP contribution is 2.32. The third kappa shape index (κ3) is 3.43. The Bertz CT molecular complexity index is 801. The first kappa shape index (κ1) is 15.7. The number of fused-ring (bicyclic) bond motifs is 1. The molecule has 1 N–H and O–H groups in total. The summed E-state index contributed by atoms with van der Waals surface area (Å²) in [6.45, 7) is 0.572. The number of hydrogen-bond acceptors (Lipinski definition) is 4. The van der Waals surface area contributed by atoms with Gasteiger partial charge in [0.1, 0.15) is 17.3 Å². The Balaban J connectivity index is 1.92. The van der Waals surface area contributed by atoms with Crippen molar-refractivity contribution in [3.8, 4) is 11.5 Å². The third-order valence-electron chi connectivity index (χ3n) is 3.34. The molecule has 0 radical (unpaired) electrons. The van der Waals surface area contributed by atoms with Crippen LogP contribution in [0.2, 0.25) is 0 Å². The third-order valence-corrected chi connectivity index (χ3v) is 3.80. The van der Waals surface area contributed by atoms with Gasteiger partial charge in [0, 0.05) is 15.6 Å². The number of ether oxygens (including phenoxy) is 2. The van der Waals surface area contributed by atoms with Crippen LogP contribution in [0.5, 0.6) is 11.5 Å². The van der Waals surface area contributed by atoms with Gasteiger partial charge in [0.15, 0.2) is 12.6 Å². The maximum absolute atomic E-state index is 13.2. The van der Waals surface area contributed by atoms with Crippen LogP contribution in [-0.2, 0) is 11.3 Å². The maximum Gasteiger partial charge on any atom is 0.189 e. The van der Waals surface area contributed by atoms with Crippen molar-refractivity contribution < 1.29 is 23.8 Å². The van der Waals surface area contributed by atoms with Gasteiger partial charge < -0.3 is 14.6 Å². The predicted octanol–water partition coefficient (Wildman–Crippen LogP) is 4.06. The molecule has 0 saturated carbocycles. The highest BCUT2D eigenvalue weighted by Gasteiger charge is 2.15. The summed E-state index contributed by atoms with van der Waals surface area (Å²) in [5, 5.41) is 9.67. The fraction of sp³-hybridized carbons (Fsp3) is 0.118. The Morgan fingerprint density at radius 1 is 1.30 bits per heavy atom. The van der Waals surface area contributed by atoms with Crippen LogP contribution in [0.25, 0.3) is 6.08 Å². The van der Waals surface area contributed by atoms with E-state index >= 15 is 0 Å². The molecule has 0 spiro atoms. The van der Waals surface area contributed by atoms with Crippen molar-refractivity contribution >= 4 is 27.8 Å². The molecule has 0 unspecified atom stereocenters. The lowest BCUT2D eigenvalue weighted by Gasteiger charge is -2.20. The lowest BCUT2D eigenvalue weighted by Crippen LogP contribution is -2.12. The first-order valence-corrected chi connectivity index (χ1v) is 7.58. The van der Waals surface area contributed by atoms with Crippen LogP contribution < -0.4 is 4.74 Å². The molecule has 0 fully saturated rings. The summed E-state index contributed by atoms with van der Waals surface area (Å²) in [7, 11) is 0. The summed E-state index contributed by atoms with van der Waals surface area (Å²) in [6.07, 6.45) is 2.84. The van der Waals surface area contributed by atoms with Gasteiger partial charge in [-0.15, -0.1) is 0 Å². The topological polar surface area (TPSA) is 55.8 Å². The summed E-state index contributed by atoms with van der Waals surface area (Å²) < 4.78 is 24.7. The van der Waals surface area contributed by atoms with Gasteiger partial charge in [-0.2, -0.15) is 0 Å². The molecule has 4 nitrogen and oxygen atoms in total. The Morgan fingerprint density at radius 3 is 2.96 bits per heavy atom. The minimum Gasteiger partial charge on any atom is -0.507 e. The summed E-state index contributed by atoms with van der Waals surface area (Å²) in [5.41, 5.74) is 1.47. The number of aromatic hydroxyl groups is 1. The Labute approximate surface area is 140 Å². The lowest BCUT2D eigenvalue weighted by molar-refractivity contribution is -0.0165. The van der Waals surface area contributed by atoms with Crippen LogP contribution in [-0.4, -0.2) is 17.7 Å². The van der Waals surface area contributed by atoms with Gasteiger partial charge in [-0.1, -0.05) is 15.9 Å². The van der Waals surface area contributed by atoms with Crippen LogP contribution in [0.3, 0.4) is 0 Å². The molecular formula is C17H12BrFO4. The average Bonchev–Trinajstić information content (AvgIpc) is 2.54. The molecular weight excluding hydrogens is 367 g/mol. The number of ketones is 1. The standard InChI is InChI=1S/C17H12BrFO4/c18-12-5-10(17-11(6-12)8-22-9-23-17)1-3-15(20)14-7-13(19)2-4-16(14)21/h1-7,21H,8-9H2/b3-1+. The fourth-order valence-corrected chi connectivity index (χ4v) is 2.82. The number of halogens is 2. The molecule has 6 heteroatoms. The van der Waals surface area contributed by atoms with Crippen LogP contribution >= 0.6 is 15.9 Å². The van der Waals surface area contributed by atoms with E-state index in [1.165, 1.54) is 6.08 Å². The van der Waals surface area contributed by atoms with E-state index in [1.54, 1.807) is 12.1 Å². The van der Waals surface area contributed by atoms with E-state index in [0.717, 1.165) is 28.2 Å². The smallest absolute Gasteiger partial charge is 0.189 e. The van der Waals surface area contributed by atoms with Crippen LogP contribution in [0.4, 0.5) is 4.39 Å². The lowest BCUT2D eigenvalue weighted by atomic mass is 10.1. The molecule has 0 saturated heterocycles. The average molecular weight is 379 g/mol. The van der Waals surface area contributed by atoms with Crippen LogP contribution in [0.1, 0.15) is 21.5 Å². The fourth-order valence-electron chi connectivity index (χ4n) is 2.29. The zero-order chi connectivity index (χ0) is 16.4. The number of hydrogen-bond donors (Lipinski definition) is 1. The van der Waals surface area contributed by atoms with Crippen molar-refractivity contribution in [1.82, 2.24) is 0 Å². The normalized spacial score (nSPS) is 13.7. The Kier molecular flexibility index (Phi) is 4.45. The molecule has 1 aliphatic rings. The van der Waals surface area contributed by atoms with E-state index in [2.05, 4.69) is 15.9 Å². The number of benzene rings is 2. The number of carbonyl (C=O) groups excluding carboxylic acids is 1. The second-order valence-corrected chi connectivity index (χ2v) is 5.87. The van der Waals surface area contributed by atoms with Gasteiger partial charge in [-0.25, -0.2) is 4.39 Å². The monoisotopic (exact) mass is 378 g/mol. The van der Waals surface area contributed by atoms with E-state index in [9.17, 15) is 14.3 Å². The summed E-state index contributed by atoms with van der Waals surface area (Å²) in [4.78, 5) is 12.2. The quantitative estimate of drug-likeness (QED) is 0.646. The molecule has 0 aromatic heterocycles. The molecule has 1 heterocycles. The SMILES string of the molecule is O=C(/C=C/c1cc(Br)cc2c1OCOC2)c1cc(F)ccc1O. The molecule has 2 aromatic carbocycles. The van der Waals surface area contributed by atoms with Crippen molar-refractivity contribution in [2.24, 2.45) is 0 Å². The van der Waals surface area contributed by atoms with E-state index < -0.39 is 11.6 Å². The number of rotatable bonds is 3. The molecule has 0 atom stereocenters. The molecule has 118 valence electrons. The van der Waals surface area contributed by atoms with Crippen LogP contribution in [0.15, 0.2) is 40.9 Å². The van der Waals surface area contributed by atoms with Gasteiger partial charge in [-0.3, -0.25) is 4.79 Å². The first-order chi connectivity index (χ1) is 11.0. The van der Waals surface area contributed by atoms with E-state index in [1.807, 2.05) is 6.07 Å². The second kappa shape index (κ2) is 6.52. The predicted molar refractivity (Wildman–Crippen MR) is 85.9 cm³/mol. The molecule has 0 aliphatic carbocycles. The number of carbonyl (C=O) groups is 1. The molecule has 0 amide bonds. The van der Waals surface area contributed by atoms with Gasteiger partial charge in [0.25, 0.3) is 0 Å². The minimum atomic E-state index is -0.583. The van der Waals surface area contributed by atoms with Crippen molar-refractivity contribution in [3.63, 3.8) is 0 Å². The van der Waals surface area contributed by atoms with Gasteiger partial charge >= 0.3 is 0 Å². The second-order valence-electron chi connectivity index (χ2n) is 4.95. The Morgan fingerprint density at radius 2 is 2.13 bits per heavy atom. The van der Waals surface area contributed by atoms with E-state index in [0.29, 0.717) is 17.9 Å². The number of allylic oxidation sites excluding steroid dienone is 1. The molecule has 1 aliphatic heterocycles. The Hall–Kier alpha value is -2.18. The van der Waals surface area contributed by atoms with Crippen LogP contribution in [0, 0.1) is 5.82 Å². The number of phenols is 1. The minimum absolute atomic E-state index is 0.0885. The van der Waals surface area contributed by atoms with Crippen molar-refractivity contribution in [1.29, 1.82) is 0 Å². The summed E-state index contributed by atoms with van der Waals surface area (Å²) >= 11 is 3.39. The van der Waals surface area contributed by atoms with Gasteiger partial charge in [0.2, 0.25) is 0 Å². The van der Waals surface area contributed by atoms with E-state index in [-0.39, 0.29) is 18.1 Å². The highest BCUT2D eigenvalue weighted by molar-refractivity contribution is 9.10. The van der Waals surface area contributed by atoms with Gasteiger partial charge in [-0.05, 0) is 42.5 Å². The van der Waals surface area contributed by atoms with Crippen molar-refractivity contribution in [3.05, 3.63) is 63.4 Å². The number of phenolic OH excluding ortho intramolecular Hbond substituents is 1. The summed E-state index contributed by atoms with van der Waals surface area (Å²) in [5.74, 6) is -0.698. The maximum atomic E-state index is 13.2. The molecule has 23 heavy (non-hydrogen) atoms. The van der Waals surface area contributed by atoms with E-state index in [4.69, 9.17) is 9.47 Å². The molecule has 3 rings (SSSR count). The van der Waals surface area contributed by atoms with Crippen molar-refractivity contribution in [2.45, 2.75) is 6.61 Å². The van der Waals surface area contributed by atoms with Gasteiger partial charge in [0.05, 0.1) is 12.2 Å². The largest absolute Gasteiger partial charge is 0.507 e.